The van der Waals surface area contributed by atoms with E-state index in [9.17, 15) is 0 Å². The Balaban J connectivity index is 2.05. The van der Waals surface area contributed by atoms with Crippen molar-refractivity contribution in [1.29, 1.82) is 0 Å². The van der Waals surface area contributed by atoms with Crippen molar-refractivity contribution in [2.24, 2.45) is 5.73 Å². The third kappa shape index (κ3) is 2.05. The number of para-hydroxylation sites is 1. The van der Waals surface area contributed by atoms with Crippen molar-refractivity contribution in [1.82, 2.24) is 4.57 Å². The third-order valence-electron chi connectivity index (χ3n) is 4.26. The first kappa shape index (κ1) is 11.8. The molecule has 0 saturated heterocycles. The van der Waals surface area contributed by atoms with E-state index in [0.717, 1.165) is 0 Å². The highest BCUT2D eigenvalue weighted by atomic mass is 15.0. The quantitative estimate of drug-likeness (QED) is 0.793. The molecule has 2 N–H and O–H groups in total. The number of benzene rings is 1. The van der Waals surface area contributed by atoms with E-state index in [0.29, 0.717) is 12.6 Å². The van der Waals surface area contributed by atoms with Crippen LogP contribution < -0.4 is 5.73 Å². The van der Waals surface area contributed by atoms with E-state index in [1.54, 1.807) is 0 Å². The van der Waals surface area contributed by atoms with Gasteiger partial charge in [-0.25, -0.2) is 0 Å². The Morgan fingerprint density at radius 1 is 1.06 bits per heavy atom. The molecule has 1 aliphatic carbocycles. The maximum Gasteiger partial charge on any atom is 0.0528 e. The van der Waals surface area contributed by atoms with E-state index >= 15 is 0 Å². The topological polar surface area (TPSA) is 30.9 Å². The second-order valence-corrected chi connectivity index (χ2v) is 5.43. The first-order valence-electron chi connectivity index (χ1n) is 7.18. The van der Waals surface area contributed by atoms with Crippen LogP contribution in [0.5, 0.6) is 0 Å². The molecule has 0 bridgehead atoms. The average Bonchev–Trinajstić information content (AvgIpc) is 2.66. The lowest BCUT2D eigenvalue weighted by molar-refractivity contribution is 0.455. The first-order chi connectivity index (χ1) is 8.90. The number of hydrogen-bond acceptors (Lipinski definition) is 1. The summed E-state index contributed by atoms with van der Waals surface area (Å²) in [5.74, 6) is 0. The molecular formula is C16H22N2. The fraction of sp³-hybridized carbons (Fsp3) is 0.500. The number of aromatic nitrogens is 1. The third-order valence-corrected chi connectivity index (χ3v) is 4.26. The van der Waals surface area contributed by atoms with Crippen LogP contribution in [0.1, 0.15) is 50.1 Å². The minimum Gasteiger partial charge on any atom is -0.344 e. The predicted molar refractivity (Wildman–Crippen MR) is 76.6 cm³/mol. The van der Waals surface area contributed by atoms with Crippen molar-refractivity contribution in [3.8, 4) is 0 Å². The monoisotopic (exact) mass is 242 g/mol. The van der Waals surface area contributed by atoms with Crippen LogP contribution in [0.15, 0.2) is 30.5 Å². The van der Waals surface area contributed by atoms with E-state index in [1.807, 2.05) is 0 Å². The van der Waals surface area contributed by atoms with Gasteiger partial charge in [0.05, 0.1) is 5.52 Å². The van der Waals surface area contributed by atoms with Crippen molar-refractivity contribution in [2.45, 2.75) is 51.1 Å². The summed E-state index contributed by atoms with van der Waals surface area (Å²) in [6.07, 6.45) is 10.5. The van der Waals surface area contributed by atoms with E-state index in [4.69, 9.17) is 5.73 Å². The minimum atomic E-state index is 0.633. The maximum absolute atomic E-state index is 5.89. The van der Waals surface area contributed by atoms with Crippen molar-refractivity contribution in [2.75, 3.05) is 0 Å². The van der Waals surface area contributed by atoms with Crippen LogP contribution in [0.25, 0.3) is 10.9 Å². The van der Waals surface area contributed by atoms with Crippen molar-refractivity contribution < 1.29 is 0 Å². The van der Waals surface area contributed by atoms with Gasteiger partial charge in [0.25, 0.3) is 0 Å². The zero-order valence-electron chi connectivity index (χ0n) is 10.9. The standard InChI is InChI=1S/C16H22N2/c17-12-14-7-5-6-13-10-11-18(16(13)14)15-8-3-1-2-4-9-15/h5-7,10-11,15H,1-4,8-9,12,17H2. The van der Waals surface area contributed by atoms with Gasteiger partial charge in [0, 0.05) is 18.8 Å². The van der Waals surface area contributed by atoms with Gasteiger partial charge >= 0.3 is 0 Å². The summed E-state index contributed by atoms with van der Waals surface area (Å²) in [5.41, 5.74) is 8.54. The van der Waals surface area contributed by atoms with Crippen LogP contribution in [0.2, 0.25) is 0 Å². The minimum absolute atomic E-state index is 0.633. The smallest absolute Gasteiger partial charge is 0.0528 e. The molecule has 0 spiro atoms. The second kappa shape index (κ2) is 5.15. The molecule has 2 aromatic rings. The summed E-state index contributed by atoms with van der Waals surface area (Å²) in [4.78, 5) is 0. The lowest BCUT2D eigenvalue weighted by atomic mass is 10.1. The molecule has 18 heavy (non-hydrogen) atoms. The second-order valence-electron chi connectivity index (χ2n) is 5.43. The summed E-state index contributed by atoms with van der Waals surface area (Å²) in [6, 6.07) is 9.39. The van der Waals surface area contributed by atoms with Gasteiger partial charge < -0.3 is 10.3 Å². The fourth-order valence-electron chi connectivity index (χ4n) is 3.30. The Morgan fingerprint density at radius 3 is 2.56 bits per heavy atom. The van der Waals surface area contributed by atoms with Crippen LogP contribution in [0.4, 0.5) is 0 Å². The summed E-state index contributed by atoms with van der Waals surface area (Å²) >= 11 is 0. The highest BCUT2D eigenvalue weighted by Crippen LogP contribution is 2.31. The Bertz CT molecular complexity index is 519. The van der Waals surface area contributed by atoms with Crippen LogP contribution in [-0.4, -0.2) is 4.57 Å². The summed E-state index contributed by atoms with van der Waals surface area (Å²) in [5, 5.41) is 1.34. The molecule has 1 heterocycles. The molecule has 1 aliphatic rings. The van der Waals surface area contributed by atoms with Gasteiger partial charge in [-0.1, -0.05) is 43.9 Å². The Kier molecular flexibility index (Phi) is 3.37. The number of nitrogens with zero attached hydrogens (tertiary/aromatic N) is 1. The van der Waals surface area contributed by atoms with Gasteiger partial charge in [0.2, 0.25) is 0 Å². The summed E-state index contributed by atoms with van der Waals surface area (Å²) in [6.45, 7) is 0.633. The van der Waals surface area contributed by atoms with E-state index in [2.05, 4.69) is 35.0 Å². The van der Waals surface area contributed by atoms with E-state index in [-0.39, 0.29) is 0 Å². The van der Waals surface area contributed by atoms with Crippen LogP contribution >= 0.6 is 0 Å². The summed E-state index contributed by atoms with van der Waals surface area (Å²) < 4.78 is 2.49. The van der Waals surface area contributed by atoms with Crippen molar-refractivity contribution in [3.63, 3.8) is 0 Å². The molecule has 1 saturated carbocycles. The number of nitrogens with two attached hydrogens (primary N) is 1. The zero-order valence-corrected chi connectivity index (χ0v) is 10.9. The van der Waals surface area contributed by atoms with Gasteiger partial charge in [0.1, 0.15) is 0 Å². The highest BCUT2D eigenvalue weighted by molar-refractivity contribution is 5.83. The first-order valence-corrected chi connectivity index (χ1v) is 7.18. The molecule has 2 heteroatoms. The molecule has 0 radical (unpaired) electrons. The molecule has 0 unspecified atom stereocenters. The van der Waals surface area contributed by atoms with E-state index < -0.39 is 0 Å². The molecule has 96 valence electrons. The van der Waals surface area contributed by atoms with Crippen LogP contribution in [0.3, 0.4) is 0 Å². The highest BCUT2D eigenvalue weighted by Gasteiger charge is 2.16. The maximum atomic E-state index is 5.89. The molecule has 1 fully saturated rings. The molecule has 3 rings (SSSR count). The number of hydrogen-bond donors (Lipinski definition) is 1. The molecule has 1 aromatic carbocycles. The molecule has 2 nitrogen and oxygen atoms in total. The van der Waals surface area contributed by atoms with Crippen molar-refractivity contribution >= 4 is 10.9 Å². The normalized spacial score (nSPS) is 18.1. The Hall–Kier alpha value is -1.28. The number of rotatable bonds is 2. The molecular weight excluding hydrogens is 220 g/mol. The lowest BCUT2D eigenvalue weighted by Gasteiger charge is -2.19. The van der Waals surface area contributed by atoms with Gasteiger partial charge in [-0.3, -0.25) is 0 Å². The van der Waals surface area contributed by atoms with Gasteiger partial charge in [-0.05, 0) is 29.9 Å². The average molecular weight is 242 g/mol. The lowest BCUT2D eigenvalue weighted by Crippen LogP contribution is -2.09. The molecule has 0 aliphatic heterocycles. The van der Waals surface area contributed by atoms with Crippen molar-refractivity contribution in [3.05, 3.63) is 36.0 Å². The Morgan fingerprint density at radius 2 is 1.83 bits per heavy atom. The predicted octanol–water partition coefficient (Wildman–Crippen LogP) is 4.00. The van der Waals surface area contributed by atoms with Crippen LogP contribution in [-0.2, 0) is 6.54 Å². The summed E-state index contributed by atoms with van der Waals surface area (Å²) in [7, 11) is 0. The molecule has 0 amide bonds. The molecule has 1 aromatic heterocycles. The van der Waals surface area contributed by atoms with Gasteiger partial charge in [0.15, 0.2) is 0 Å². The fourth-order valence-corrected chi connectivity index (χ4v) is 3.30. The van der Waals surface area contributed by atoms with Crippen LogP contribution in [0, 0.1) is 0 Å². The van der Waals surface area contributed by atoms with Gasteiger partial charge in [-0.2, -0.15) is 0 Å². The van der Waals surface area contributed by atoms with E-state index in [1.165, 1.54) is 55.0 Å². The zero-order chi connectivity index (χ0) is 12.4. The largest absolute Gasteiger partial charge is 0.344 e. The number of fused-ring (bicyclic) bond motifs is 1. The Labute approximate surface area is 109 Å². The molecule has 0 atom stereocenters. The SMILES string of the molecule is NCc1cccc2ccn(C3CCCCCC3)c12. The van der Waals surface area contributed by atoms with Gasteiger partial charge in [-0.15, -0.1) is 0 Å².